The Morgan fingerprint density at radius 2 is 1.90 bits per heavy atom. The molecule has 1 amide bonds. The number of amides is 1. The van der Waals surface area contributed by atoms with Gasteiger partial charge >= 0.3 is 12.3 Å². The second-order valence-electron chi connectivity index (χ2n) is 5.49. The molecule has 0 radical (unpaired) electrons. The zero-order valence-corrected chi connectivity index (χ0v) is 11.8. The molecule has 0 saturated carbocycles. The molecular weight excluding hydrogens is 285 g/mol. The lowest BCUT2D eigenvalue weighted by Gasteiger charge is -2.33. The Morgan fingerprint density at radius 3 is 2.29 bits per heavy atom. The predicted molar refractivity (Wildman–Crippen MR) is 69.5 cm³/mol. The summed E-state index contributed by atoms with van der Waals surface area (Å²) < 4.78 is 38.6. The molecule has 0 aliphatic heterocycles. The minimum absolute atomic E-state index is 0.0321. The van der Waals surface area contributed by atoms with Gasteiger partial charge in [-0.05, 0) is 32.4 Å². The van der Waals surface area contributed by atoms with Gasteiger partial charge in [-0.2, -0.15) is 18.4 Å². The second-order valence-corrected chi connectivity index (χ2v) is 5.49. The van der Waals surface area contributed by atoms with Crippen molar-refractivity contribution >= 4 is 6.09 Å². The van der Waals surface area contributed by atoms with Gasteiger partial charge in [0.1, 0.15) is 6.07 Å². The normalized spacial score (nSPS) is 11.9. The van der Waals surface area contributed by atoms with Crippen LogP contribution >= 0.6 is 0 Å². The third-order valence-electron chi connectivity index (χ3n) is 2.94. The van der Waals surface area contributed by atoms with Crippen molar-refractivity contribution in [2.75, 3.05) is 0 Å². The third kappa shape index (κ3) is 3.88. The molecule has 0 aliphatic rings. The van der Waals surface area contributed by atoms with Crippen LogP contribution in [-0.2, 0) is 12.7 Å². The highest BCUT2D eigenvalue weighted by atomic mass is 19.4. The minimum atomic E-state index is -4.66. The predicted octanol–water partition coefficient (Wildman–Crippen LogP) is 3.86. The molecule has 0 heterocycles. The van der Waals surface area contributed by atoms with E-state index in [-0.39, 0.29) is 12.1 Å². The smallest absolute Gasteiger partial charge is 0.417 e. The number of nitrogens with zero attached hydrogens (tertiary/aromatic N) is 2. The summed E-state index contributed by atoms with van der Waals surface area (Å²) in [7, 11) is 0. The molecule has 0 fully saturated rings. The molecule has 1 rings (SSSR count). The number of carbonyl (C=O) groups is 1. The van der Waals surface area contributed by atoms with Crippen LogP contribution in [0.2, 0.25) is 0 Å². The summed E-state index contributed by atoms with van der Waals surface area (Å²) in [5, 5.41) is 18.2. The second kappa shape index (κ2) is 5.64. The summed E-state index contributed by atoms with van der Waals surface area (Å²) in [5.41, 5.74) is -2.36. The molecule has 0 unspecified atom stereocenters. The van der Waals surface area contributed by atoms with Crippen molar-refractivity contribution < 1.29 is 23.1 Å². The van der Waals surface area contributed by atoms with Gasteiger partial charge in [0.25, 0.3) is 0 Å². The van der Waals surface area contributed by atoms with Gasteiger partial charge in [0.05, 0.1) is 17.7 Å². The summed E-state index contributed by atoms with van der Waals surface area (Å²) in [6, 6.07) is 4.83. The molecule has 1 aromatic rings. The minimum Gasteiger partial charge on any atom is -0.465 e. The largest absolute Gasteiger partial charge is 0.465 e. The lowest BCUT2D eigenvalue weighted by atomic mass is 9.99. The summed E-state index contributed by atoms with van der Waals surface area (Å²) in [4.78, 5) is 12.2. The van der Waals surface area contributed by atoms with Crippen LogP contribution in [-0.4, -0.2) is 21.6 Å². The highest BCUT2D eigenvalue weighted by Crippen LogP contribution is 2.33. The van der Waals surface area contributed by atoms with Gasteiger partial charge < -0.3 is 5.11 Å². The summed E-state index contributed by atoms with van der Waals surface area (Å²) in [5.74, 6) is 0. The van der Waals surface area contributed by atoms with E-state index >= 15 is 0 Å². The maximum absolute atomic E-state index is 12.9. The van der Waals surface area contributed by atoms with Crippen molar-refractivity contribution in [2.45, 2.75) is 39.0 Å². The molecule has 0 spiro atoms. The van der Waals surface area contributed by atoms with Gasteiger partial charge in [-0.15, -0.1) is 0 Å². The highest BCUT2D eigenvalue weighted by Gasteiger charge is 2.35. The molecule has 7 heteroatoms. The first kappa shape index (κ1) is 16.8. The highest BCUT2D eigenvalue weighted by molar-refractivity contribution is 5.66. The van der Waals surface area contributed by atoms with Crippen LogP contribution < -0.4 is 0 Å². The Balaban J connectivity index is 3.33. The van der Waals surface area contributed by atoms with Gasteiger partial charge in [0.2, 0.25) is 0 Å². The lowest BCUT2D eigenvalue weighted by molar-refractivity contribution is -0.137. The Morgan fingerprint density at radius 1 is 1.33 bits per heavy atom. The van der Waals surface area contributed by atoms with E-state index in [1.165, 1.54) is 18.2 Å². The van der Waals surface area contributed by atoms with Crippen LogP contribution in [0.3, 0.4) is 0 Å². The van der Waals surface area contributed by atoms with Crippen molar-refractivity contribution in [1.29, 1.82) is 5.26 Å². The number of benzene rings is 1. The molecule has 1 aromatic carbocycles. The van der Waals surface area contributed by atoms with Gasteiger partial charge in [-0.1, -0.05) is 12.1 Å². The zero-order valence-electron chi connectivity index (χ0n) is 11.8. The van der Waals surface area contributed by atoms with E-state index in [9.17, 15) is 23.1 Å². The van der Waals surface area contributed by atoms with Crippen LogP contribution in [0.4, 0.5) is 18.0 Å². The fourth-order valence-corrected chi connectivity index (χ4v) is 1.86. The fraction of sp³-hybridized carbons (Fsp3) is 0.429. The first-order valence-corrected chi connectivity index (χ1v) is 6.08. The molecule has 114 valence electrons. The van der Waals surface area contributed by atoms with E-state index < -0.39 is 28.9 Å². The standard InChI is InChI=1S/C14H15F3N2O2/c1-13(2,3)19(12(20)21)8-9-5-4-6-11(10(9)7-18)14(15,16)17/h4-6H,8H2,1-3H3,(H,20,21). The molecule has 21 heavy (non-hydrogen) atoms. The van der Waals surface area contributed by atoms with Crippen LogP contribution in [0.1, 0.15) is 37.5 Å². The molecule has 0 aromatic heterocycles. The number of carboxylic acid groups (broad SMARTS) is 1. The van der Waals surface area contributed by atoms with Crippen molar-refractivity contribution in [3.8, 4) is 6.07 Å². The third-order valence-corrected chi connectivity index (χ3v) is 2.94. The van der Waals surface area contributed by atoms with Gasteiger partial charge in [0.15, 0.2) is 0 Å². The number of rotatable bonds is 2. The van der Waals surface area contributed by atoms with Crippen molar-refractivity contribution in [1.82, 2.24) is 4.90 Å². The van der Waals surface area contributed by atoms with E-state index in [0.717, 1.165) is 11.0 Å². The molecule has 0 atom stereocenters. The summed E-state index contributed by atoms with van der Waals surface area (Å²) in [6.07, 6.45) is -5.92. The molecule has 0 bridgehead atoms. The first-order valence-electron chi connectivity index (χ1n) is 6.08. The van der Waals surface area contributed by atoms with Crippen LogP contribution in [0.25, 0.3) is 0 Å². The Labute approximate surface area is 120 Å². The lowest BCUT2D eigenvalue weighted by Crippen LogP contribution is -2.44. The summed E-state index contributed by atoms with van der Waals surface area (Å²) >= 11 is 0. The number of hydrogen-bond donors (Lipinski definition) is 1. The molecule has 0 saturated heterocycles. The van der Waals surface area contributed by atoms with E-state index in [1.807, 2.05) is 0 Å². The molecule has 4 nitrogen and oxygen atoms in total. The van der Waals surface area contributed by atoms with E-state index in [4.69, 9.17) is 5.26 Å². The number of alkyl halides is 3. The van der Waals surface area contributed by atoms with Crippen LogP contribution in [0.5, 0.6) is 0 Å². The van der Waals surface area contributed by atoms with Gasteiger partial charge in [-0.3, -0.25) is 4.90 Å². The fourth-order valence-electron chi connectivity index (χ4n) is 1.86. The number of halogens is 3. The monoisotopic (exact) mass is 300 g/mol. The number of hydrogen-bond acceptors (Lipinski definition) is 2. The average molecular weight is 300 g/mol. The van der Waals surface area contributed by atoms with Crippen LogP contribution in [0, 0.1) is 11.3 Å². The van der Waals surface area contributed by atoms with Gasteiger partial charge in [-0.25, -0.2) is 4.79 Å². The molecule has 0 aliphatic carbocycles. The number of nitriles is 1. The maximum atomic E-state index is 12.9. The Kier molecular flexibility index (Phi) is 4.52. The Bertz CT molecular complexity index is 583. The molecular formula is C14H15F3N2O2. The average Bonchev–Trinajstić information content (AvgIpc) is 2.32. The first-order chi connectivity index (χ1) is 9.48. The topological polar surface area (TPSA) is 64.3 Å². The zero-order chi connectivity index (χ0) is 16.4. The summed E-state index contributed by atoms with van der Waals surface area (Å²) in [6.45, 7) is 4.59. The van der Waals surface area contributed by atoms with E-state index in [0.29, 0.717) is 0 Å². The van der Waals surface area contributed by atoms with Crippen molar-refractivity contribution in [3.05, 3.63) is 34.9 Å². The SMILES string of the molecule is CC(C)(C)N(Cc1cccc(C(F)(F)F)c1C#N)C(=O)O. The van der Waals surface area contributed by atoms with E-state index in [1.54, 1.807) is 20.8 Å². The van der Waals surface area contributed by atoms with Crippen LogP contribution in [0.15, 0.2) is 18.2 Å². The van der Waals surface area contributed by atoms with Crippen molar-refractivity contribution in [2.24, 2.45) is 0 Å². The molecule has 1 N–H and O–H groups in total. The van der Waals surface area contributed by atoms with E-state index in [2.05, 4.69) is 0 Å². The van der Waals surface area contributed by atoms with Crippen molar-refractivity contribution in [3.63, 3.8) is 0 Å². The van der Waals surface area contributed by atoms with Gasteiger partial charge in [0, 0.05) is 5.54 Å². The Hall–Kier alpha value is -2.23. The maximum Gasteiger partial charge on any atom is 0.417 e. The quantitative estimate of drug-likeness (QED) is 0.902.